The minimum atomic E-state index is -0.529. The molecule has 1 amide bonds. The van der Waals surface area contributed by atoms with Crippen molar-refractivity contribution in [3.63, 3.8) is 0 Å². The Morgan fingerprint density at radius 2 is 1.76 bits per heavy atom. The van der Waals surface area contributed by atoms with Gasteiger partial charge in [0.1, 0.15) is 5.82 Å². The number of halogens is 3. The van der Waals surface area contributed by atoms with E-state index in [2.05, 4.69) is 10.6 Å². The lowest BCUT2D eigenvalue weighted by Gasteiger charge is -2.10. The van der Waals surface area contributed by atoms with Gasteiger partial charge in [-0.25, -0.2) is 4.39 Å². The normalized spacial score (nSPS) is 10.0. The van der Waals surface area contributed by atoms with Crippen LogP contribution in [0.2, 0.25) is 10.0 Å². The maximum Gasteiger partial charge on any atom is 0.257 e. The van der Waals surface area contributed by atoms with Gasteiger partial charge >= 0.3 is 0 Å². The number of thiocarbonyl (C=S) groups is 1. The van der Waals surface area contributed by atoms with Gasteiger partial charge in [-0.15, -0.1) is 0 Å². The zero-order valence-corrected chi connectivity index (χ0v) is 12.8. The highest BCUT2D eigenvalue weighted by Gasteiger charge is 2.08. The van der Waals surface area contributed by atoms with E-state index in [1.165, 1.54) is 18.2 Å². The molecule has 0 aliphatic rings. The third-order valence-corrected chi connectivity index (χ3v) is 3.26. The lowest BCUT2D eigenvalue weighted by atomic mass is 10.2. The molecule has 7 heteroatoms. The maximum absolute atomic E-state index is 13.0. The molecule has 0 saturated carbocycles. The van der Waals surface area contributed by atoms with Gasteiger partial charge in [-0.1, -0.05) is 23.2 Å². The fraction of sp³-hybridized carbons (Fsp3) is 0. The summed E-state index contributed by atoms with van der Waals surface area (Å²) in [5, 5.41) is 5.83. The maximum atomic E-state index is 13.0. The summed E-state index contributed by atoms with van der Waals surface area (Å²) in [5.41, 5.74) is 0.892. The number of benzene rings is 2. The number of hydrogen-bond acceptors (Lipinski definition) is 2. The van der Waals surface area contributed by atoms with Crippen LogP contribution in [0, 0.1) is 5.82 Å². The standard InChI is InChI=1S/C14H9Cl2FN2OS/c15-9-3-1-8(2-4-9)13(20)19-14(21)18-10-5-6-12(17)11(16)7-10/h1-7H,(H2,18,19,20,21). The van der Waals surface area contributed by atoms with Crippen LogP contribution in [0.25, 0.3) is 0 Å². The van der Waals surface area contributed by atoms with Crippen LogP contribution in [0.4, 0.5) is 10.1 Å². The number of anilines is 1. The molecule has 0 saturated heterocycles. The summed E-state index contributed by atoms with van der Waals surface area (Å²) in [6.07, 6.45) is 0. The van der Waals surface area contributed by atoms with Crippen molar-refractivity contribution < 1.29 is 9.18 Å². The number of carbonyl (C=O) groups is 1. The number of hydrogen-bond donors (Lipinski definition) is 2. The van der Waals surface area contributed by atoms with Gasteiger partial charge in [0.25, 0.3) is 5.91 Å². The van der Waals surface area contributed by atoms with E-state index in [-0.39, 0.29) is 16.0 Å². The number of rotatable bonds is 2. The molecule has 0 atom stereocenters. The summed E-state index contributed by atoms with van der Waals surface area (Å²) in [6.45, 7) is 0. The predicted octanol–water partition coefficient (Wildman–Crippen LogP) is 4.26. The summed E-state index contributed by atoms with van der Waals surface area (Å²) in [6, 6.07) is 10.4. The number of carbonyl (C=O) groups excluding carboxylic acids is 1. The van der Waals surface area contributed by atoms with Crippen molar-refractivity contribution in [2.45, 2.75) is 0 Å². The van der Waals surface area contributed by atoms with Crippen LogP contribution in [-0.2, 0) is 0 Å². The quantitative estimate of drug-likeness (QED) is 0.801. The van der Waals surface area contributed by atoms with Crippen molar-refractivity contribution in [1.29, 1.82) is 0 Å². The van der Waals surface area contributed by atoms with E-state index in [0.29, 0.717) is 16.3 Å². The number of amides is 1. The van der Waals surface area contributed by atoms with Crippen molar-refractivity contribution >= 4 is 52.1 Å². The smallest absolute Gasteiger partial charge is 0.257 e. The van der Waals surface area contributed by atoms with E-state index < -0.39 is 5.82 Å². The van der Waals surface area contributed by atoms with Crippen molar-refractivity contribution in [2.75, 3.05) is 5.32 Å². The molecule has 0 aliphatic carbocycles. The molecule has 2 rings (SSSR count). The van der Waals surface area contributed by atoms with E-state index in [1.807, 2.05) is 0 Å². The van der Waals surface area contributed by atoms with Gasteiger partial charge in [0.05, 0.1) is 5.02 Å². The number of nitrogens with one attached hydrogen (secondary N) is 2. The van der Waals surface area contributed by atoms with E-state index in [4.69, 9.17) is 35.4 Å². The Balaban J connectivity index is 1.99. The van der Waals surface area contributed by atoms with Crippen LogP contribution in [0.5, 0.6) is 0 Å². The molecule has 0 fully saturated rings. The first-order chi connectivity index (χ1) is 9.95. The first-order valence-electron chi connectivity index (χ1n) is 5.78. The van der Waals surface area contributed by atoms with Crippen LogP contribution in [-0.4, -0.2) is 11.0 Å². The second-order valence-electron chi connectivity index (χ2n) is 4.04. The Labute approximate surface area is 136 Å². The summed E-state index contributed by atoms with van der Waals surface area (Å²) in [4.78, 5) is 11.9. The van der Waals surface area contributed by atoms with Crippen LogP contribution < -0.4 is 10.6 Å². The third kappa shape index (κ3) is 4.39. The summed E-state index contributed by atoms with van der Waals surface area (Å²) < 4.78 is 13.0. The van der Waals surface area contributed by atoms with E-state index in [9.17, 15) is 9.18 Å². The molecule has 0 unspecified atom stereocenters. The second kappa shape index (κ2) is 6.85. The lowest BCUT2D eigenvalue weighted by Crippen LogP contribution is -2.34. The zero-order valence-electron chi connectivity index (χ0n) is 10.5. The molecular weight excluding hydrogens is 334 g/mol. The van der Waals surface area contributed by atoms with Gasteiger partial charge < -0.3 is 5.32 Å². The highest BCUT2D eigenvalue weighted by molar-refractivity contribution is 7.80. The van der Waals surface area contributed by atoms with Gasteiger partial charge in [0.2, 0.25) is 0 Å². The molecule has 0 bridgehead atoms. The van der Waals surface area contributed by atoms with E-state index in [0.717, 1.165) is 0 Å². The van der Waals surface area contributed by atoms with Crippen molar-refractivity contribution in [3.05, 3.63) is 63.9 Å². The summed E-state index contributed by atoms with van der Waals surface area (Å²) in [7, 11) is 0. The minimum absolute atomic E-state index is 0.0353. The van der Waals surface area contributed by atoms with Crippen molar-refractivity contribution in [3.8, 4) is 0 Å². The Kier molecular flexibility index (Phi) is 5.12. The van der Waals surface area contributed by atoms with Crippen LogP contribution in [0.3, 0.4) is 0 Å². The third-order valence-electron chi connectivity index (χ3n) is 2.51. The monoisotopic (exact) mass is 342 g/mol. The van der Waals surface area contributed by atoms with Gasteiger partial charge in [0.15, 0.2) is 5.11 Å². The minimum Gasteiger partial charge on any atom is -0.332 e. The topological polar surface area (TPSA) is 41.1 Å². The predicted molar refractivity (Wildman–Crippen MR) is 86.5 cm³/mol. The van der Waals surface area contributed by atoms with Gasteiger partial charge in [-0.05, 0) is 54.7 Å². The average Bonchev–Trinajstić information content (AvgIpc) is 2.43. The zero-order chi connectivity index (χ0) is 15.4. The fourth-order valence-electron chi connectivity index (χ4n) is 1.51. The van der Waals surface area contributed by atoms with E-state index >= 15 is 0 Å². The Morgan fingerprint density at radius 1 is 1.10 bits per heavy atom. The largest absolute Gasteiger partial charge is 0.332 e. The van der Waals surface area contributed by atoms with Gasteiger partial charge in [-0.3, -0.25) is 10.1 Å². The van der Waals surface area contributed by atoms with Crippen molar-refractivity contribution in [2.24, 2.45) is 0 Å². The molecule has 2 N–H and O–H groups in total. The molecule has 0 aliphatic heterocycles. The first kappa shape index (κ1) is 15.7. The molecule has 0 heterocycles. The molecule has 108 valence electrons. The molecule has 21 heavy (non-hydrogen) atoms. The molecule has 3 nitrogen and oxygen atoms in total. The molecule has 0 spiro atoms. The second-order valence-corrected chi connectivity index (χ2v) is 5.30. The van der Waals surface area contributed by atoms with Crippen LogP contribution in [0.15, 0.2) is 42.5 Å². The van der Waals surface area contributed by atoms with Gasteiger partial charge in [-0.2, -0.15) is 0 Å². The lowest BCUT2D eigenvalue weighted by molar-refractivity contribution is 0.0978. The summed E-state index contributed by atoms with van der Waals surface area (Å²) >= 11 is 16.4. The van der Waals surface area contributed by atoms with Crippen LogP contribution in [0.1, 0.15) is 10.4 Å². The first-order valence-corrected chi connectivity index (χ1v) is 6.95. The molecule has 0 aromatic heterocycles. The Morgan fingerprint density at radius 3 is 2.38 bits per heavy atom. The Hall–Kier alpha value is -1.69. The SMILES string of the molecule is O=C(NC(=S)Nc1ccc(F)c(Cl)c1)c1ccc(Cl)cc1. The average molecular weight is 343 g/mol. The molecule has 2 aromatic rings. The molecule has 2 aromatic carbocycles. The highest BCUT2D eigenvalue weighted by Crippen LogP contribution is 2.19. The summed E-state index contributed by atoms with van der Waals surface area (Å²) in [5.74, 6) is -0.907. The van der Waals surface area contributed by atoms with Crippen molar-refractivity contribution in [1.82, 2.24) is 5.32 Å². The van der Waals surface area contributed by atoms with Gasteiger partial charge in [0, 0.05) is 16.3 Å². The highest BCUT2D eigenvalue weighted by atomic mass is 35.5. The molecule has 0 radical (unpaired) electrons. The van der Waals surface area contributed by atoms with Crippen LogP contribution >= 0.6 is 35.4 Å². The Bertz CT molecular complexity index is 692. The molecular formula is C14H9Cl2FN2OS. The fourth-order valence-corrected chi connectivity index (χ4v) is 2.03. The van der Waals surface area contributed by atoms with E-state index in [1.54, 1.807) is 24.3 Å².